The van der Waals surface area contributed by atoms with E-state index in [0.717, 1.165) is 22.9 Å². The van der Waals surface area contributed by atoms with Gasteiger partial charge in [-0.15, -0.1) is 0 Å². The first kappa shape index (κ1) is 25.4. The van der Waals surface area contributed by atoms with Gasteiger partial charge in [-0.3, -0.25) is 9.59 Å². The molecule has 0 aliphatic rings. The van der Waals surface area contributed by atoms with E-state index in [4.69, 9.17) is 11.5 Å². The van der Waals surface area contributed by atoms with E-state index in [-0.39, 0.29) is 24.3 Å². The van der Waals surface area contributed by atoms with E-state index >= 15 is 0 Å². The molecule has 0 heterocycles. The molecule has 0 saturated heterocycles. The molecule has 0 aromatic heterocycles. The molecular formula is C25H30N4O4S. The standard InChI is InChI=1S/C25H30N4O4S/c1-2-18-12-13-23(20-11-7-6-10-19(18)20)34(32,33)29-21(14-15-26)25(31)28-22(24(27)30)16-17-8-4-3-5-9-17/h3-13,21-22,29H,2,14-16,26H2,1H3,(H2,27,30)(H,28,31)/t21-,22-/m0/s1. The fourth-order valence-electron chi connectivity index (χ4n) is 3.88. The first-order chi connectivity index (χ1) is 16.3. The van der Waals surface area contributed by atoms with Gasteiger partial charge >= 0.3 is 0 Å². The number of hydrogen-bond acceptors (Lipinski definition) is 5. The lowest BCUT2D eigenvalue weighted by Gasteiger charge is -2.22. The summed E-state index contributed by atoms with van der Waals surface area (Å²) in [6, 6.07) is 17.5. The van der Waals surface area contributed by atoms with E-state index in [9.17, 15) is 18.0 Å². The van der Waals surface area contributed by atoms with Gasteiger partial charge in [-0.1, -0.05) is 67.6 Å². The molecule has 9 heteroatoms. The van der Waals surface area contributed by atoms with E-state index < -0.39 is 33.9 Å². The first-order valence-electron chi connectivity index (χ1n) is 11.1. The van der Waals surface area contributed by atoms with E-state index in [1.54, 1.807) is 24.3 Å². The van der Waals surface area contributed by atoms with Crippen LogP contribution in [0.25, 0.3) is 10.8 Å². The molecule has 180 valence electrons. The molecule has 0 aliphatic heterocycles. The Morgan fingerprint density at radius 1 is 0.912 bits per heavy atom. The molecule has 0 fully saturated rings. The molecule has 3 rings (SSSR count). The van der Waals surface area contributed by atoms with Crippen LogP contribution in [-0.4, -0.2) is 38.9 Å². The second-order valence-corrected chi connectivity index (χ2v) is 9.71. The summed E-state index contributed by atoms with van der Waals surface area (Å²) in [6.45, 7) is 2.07. The minimum atomic E-state index is -4.08. The van der Waals surface area contributed by atoms with Gasteiger partial charge in [0.15, 0.2) is 0 Å². The summed E-state index contributed by atoms with van der Waals surface area (Å²) in [4.78, 5) is 25.1. The van der Waals surface area contributed by atoms with E-state index in [1.807, 2.05) is 49.4 Å². The van der Waals surface area contributed by atoms with Crippen molar-refractivity contribution in [1.82, 2.24) is 10.0 Å². The molecule has 2 atom stereocenters. The van der Waals surface area contributed by atoms with Crippen LogP contribution in [-0.2, 0) is 32.5 Å². The lowest BCUT2D eigenvalue weighted by Crippen LogP contribution is -2.54. The Balaban J connectivity index is 1.85. The van der Waals surface area contributed by atoms with E-state index in [0.29, 0.717) is 5.39 Å². The molecular weight excluding hydrogens is 452 g/mol. The molecule has 0 aliphatic carbocycles. The maximum absolute atomic E-state index is 13.3. The van der Waals surface area contributed by atoms with Crippen LogP contribution in [0.3, 0.4) is 0 Å². The zero-order valence-electron chi connectivity index (χ0n) is 19.0. The van der Waals surface area contributed by atoms with Crippen molar-refractivity contribution in [1.29, 1.82) is 0 Å². The molecule has 3 aromatic carbocycles. The van der Waals surface area contributed by atoms with Crippen LogP contribution in [0, 0.1) is 0 Å². The topological polar surface area (TPSA) is 144 Å². The average molecular weight is 483 g/mol. The smallest absolute Gasteiger partial charge is 0.241 e. The van der Waals surface area contributed by atoms with Gasteiger partial charge < -0.3 is 16.8 Å². The fourth-order valence-corrected chi connectivity index (χ4v) is 5.32. The molecule has 2 amide bonds. The number of carbonyl (C=O) groups is 2. The van der Waals surface area contributed by atoms with Crippen LogP contribution in [0.15, 0.2) is 71.6 Å². The summed E-state index contributed by atoms with van der Waals surface area (Å²) in [6.07, 6.45) is 0.988. The Bertz CT molecular complexity index is 1260. The van der Waals surface area contributed by atoms with Gasteiger partial charge in [-0.25, -0.2) is 8.42 Å². The third-order valence-corrected chi connectivity index (χ3v) is 7.19. The number of carbonyl (C=O) groups excluding carboxylic acids is 2. The normalized spacial score (nSPS) is 13.4. The largest absolute Gasteiger partial charge is 0.368 e. The van der Waals surface area contributed by atoms with Gasteiger partial charge in [0.1, 0.15) is 12.1 Å². The number of aryl methyl sites for hydroxylation is 1. The van der Waals surface area contributed by atoms with Crippen molar-refractivity contribution >= 4 is 32.6 Å². The van der Waals surface area contributed by atoms with Crippen molar-refractivity contribution in [2.75, 3.05) is 6.54 Å². The Morgan fingerprint density at radius 2 is 1.56 bits per heavy atom. The molecule has 0 radical (unpaired) electrons. The first-order valence-corrected chi connectivity index (χ1v) is 12.6. The lowest BCUT2D eigenvalue weighted by molar-refractivity contribution is -0.128. The minimum absolute atomic E-state index is 0.0485. The van der Waals surface area contributed by atoms with Crippen molar-refractivity contribution in [2.24, 2.45) is 11.5 Å². The minimum Gasteiger partial charge on any atom is -0.368 e. The number of amides is 2. The van der Waals surface area contributed by atoms with Gasteiger partial charge in [0.05, 0.1) is 4.90 Å². The molecule has 0 unspecified atom stereocenters. The summed E-state index contributed by atoms with van der Waals surface area (Å²) in [7, 11) is -4.08. The van der Waals surface area contributed by atoms with Crippen molar-refractivity contribution in [3.05, 3.63) is 77.9 Å². The predicted molar refractivity (Wildman–Crippen MR) is 132 cm³/mol. The highest BCUT2D eigenvalue weighted by molar-refractivity contribution is 7.89. The summed E-state index contributed by atoms with van der Waals surface area (Å²) in [5, 5.41) is 3.99. The van der Waals surface area contributed by atoms with E-state index in [1.165, 1.54) is 0 Å². The maximum Gasteiger partial charge on any atom is 0.241 e. The van der Waals surface area contributed by atoms with Gasteiger partial charge in [0, 0.05) is 11.8 Å². The molecule has 8 nitrogen and oxygen atoms in total. The zero-order chi connectivity index (χ0) is 24.7. The number of fused-ring (bicyclic) bond motifs is 1. The molecule has 0 bridgehead atoms. The van der Waals surface area contributed by atoms with E-state index in [2.05, 4.69) is 10.0 Å². The number of primary amides is 1. The lowest BCUT2D eigenvalue weighted by atomic mass is 10.0. The highest BCUT2D eigenvalue weighted by atomic mass is 32.2. The van der Waals surface area contributed by atoms with Crippen molar-refractivity contribution in [3.8, 4) is 0 Å². The van der Waals surface area contributed by atoms with Crippen molar-refractivity contribution in [2.45, 2.75) is 43.2 Å². The molecule has 3 aromatic rings. The Kier molecular flexibility index (Phi) is 8.38. The Morgan fingerprint density at radius 3 is 2.18 bits per heavy atom. The van der Waals surface area contributed by atoms with Crippen LogP contribution in [0.4, 0.5) is 0 Å². The summed E-state index contributed by atoms with van der Waals surface area (Å²) in [5.41, 5.74) is 13.0. The van der Waals surface area contributed by atoms with Crippen LogP contribution < -0.4 is 21.5 Å². The van der Waals surface area contributed by atoms with Gasteiger partial charge in [-0.2, -0.15) is 4.72 Å². The predicted octanol–water partition coefficient (Wildman–Crippen LogP) is 1.61. The molecule has 0 saturated carbocycles. The highest BCUT2D eigenvalue weighted by Gasteiger charge is 2.29. The Hall–Kier alpha value is -3.27. The van der Waals surface area contributed by atoms with Crippen LogP contribution >= 0.6 is 0 Å². The van der Waals surface area contributed by atoms with Crippen LogP contribution in [0.5, 0.6) is 0 Å². The van der Waals surface area contributed by atoms with Gasteiger partial charge in [-0.05, 0) is 42.0 Å². The number of benzene rings is 3. The summed E-state index contributed by atoms with van der Waals surface area (Å²) < 4.78 is 29.1. The fraction of sp³-hybridized carbons (Fsp3) is 0.280. The quantitative estimate of drug-likeness (QED) is 0.328. The monoisotopic (exact) mass is 482 g/mol. The van der Waals surface area contributed by atoms with Gasteiger partial charge in [0.2, 0.25) is 21.8 Å². The summed E-state index contributed by atoms with van der Waals surface area (Å²) >= 11 is 0. The number of sulfonamides is 1. The number of rotatable bonds is 11. The van der Waals surface area contributed by atoms with Crippen LogP contribution in [0.1, 0.15) is 24.5 Å². The number of hydrogen-bond donors (Lipinski definition) is 4. The number of nitrogens with two attached hydrogens (primary N) is 2. The maximum atomic E-state index is 13.3. The third-order valence-electron chi connectivity index (χ3n) is 5.66. The molecule has 34 heavy (non-hydrogen) atoms. The van der Waals surface area contributed by atoms with Crippen molar-refractivity contribution < 1.29 is 18.0 Å². The highest BCUT2D eigenvalue weighted by Crippen LogP contribution is 2.27. The zero-order valence-corrected chi connectivity index (χ0v) is 19.8. The van der Waals surface area contributed by atoms with Crippen molar-refractivity contribution in [3.63, 3.8) is 0 Å². The summed E-state index contributed by atoms with van der Waals surface area (Å²) in [5.74, 6) is -1.38. The molecule has 0 spiro atoms. The van der Waals surface area contributed by atoms with Crippen LogP contribution in [0.2, 0.25) is 0 Å². The Labute approximate surface area is 199 Å². The van der Waals surface area contributed by atoms with Gasteiger partial charge in [0.25, 0.3) is 0 Å². The SMILES string of the molecule is CCc1ccc(S(=O)(=O)N[C@@H](CCN)C(=O)N[C@@H](Cc2ccccc2)C(N)=O)c2ccccc12. The molecule has 6 N–H and O–H groups in total. The average Bonchev–Trinajstić information content (AvgIpc) is 2.83. The second kappa shape index (κ2) is 11.2. The number of nitrogens with one attached hydrogen (secondary N) is 2. The second-order valence-electron chi connectivity index (χ2n) is 8.03. The third kappa shape index (κ3) is 5.99.